The Morgan fingerprint density at radius 2 is 1.06 bits per heavy atom. The molecule has 0 bridgehead atoms. The number of pyridine rings is 2. The van der Waals surface area contributed by atoms with E-state index in [0.29, 0.717) is 113 Å². The number of rotatable bonds is 34. The second-order valence-electron chi connectivity index (χ2n) is 24.1. The van der Waals surface area contributed by atoms with Gasteiger partial charge in [0.1, 0.15) is 29.4 Å². The Bertz CT molecular complexity index is 3270. The maximum Gasteiger partial charge on any atom is 0.416 e. The van der Waals surface area contributed by atoms with Crippen molar-refractivity contribution in [3.8, 4) is 11.5 Å². The van der Waals surface area contributed by atoms with Gasteiger partial charge in [0.2, 0.25) is 11.8 Å². The van der Waals surface area contributed by atoms with Crippen molar-refractivity contribution in [1.29, 1.82) is 0 Å². The second kappa shape index (κ2) is 43.7. The molecule has 0 unspecified atom stereocenters. The number of hydrogen-bond donors (Lipinski definition) is 3. The molecule has 0 saturated carbocycles. The smallest absolute Gasteiger partial charge is 0.416 e. The summed E-state index contributed by atoms with van der Waals surface area (Å²) < 4.78 is 71.8. The lowest BCUT2D eigenvalue weighted by Gasteiger charge is -2.31. The fraction of sp³-hybridized carbons (Fsp3) is 0.582. The van der Waals surface area contributed by atoms with E-state index in [-0.39, 0.29) is 76.2 Å². The van der Waals surface area contributed by atoms with Crippen LogP contribution in [0.25, 0.3) is 20.9 Å². The topological polar surface area (TPSA) is 350 Å². The number of phenols is 1. The van der Waals surface area contributed by atoms with Gasteiger partial charge in [0.25, 0.3) is 0 Å². The van der Waals surface area contributed by atoms with Crippen LogP contribution in [0.5, 0.6) is 11.5 Å². The first-order valence-electron chi connectivity index (χ1n) is 32.5. The van der Waals surface area contributed by atoms with Crippen LogP contribution in [0.3, 0.4) is 0 Å². The van der Waals surface area contributed by atoms with Crippen LogP contribution >= 0.6 is 15.9 Å². The van der Waals surface area contributed by atoms with Crippen molar-refractivity contribution in [1.82, 2.24) is 20.6 Å². The average Bonchev–Trinajstić information content (AvgIpc) is 0.876. The lowest BCUT2D eigenvalue weighted by Crippen LogP contribution is -2.40. The highest BCUT2D eigenvalue weighted by molar-refractivity contribution is 9.09. The van der Waals surface area contributed by atoms with E-state index in [4.69, 9.17) is 58.9 Å². The zero-order valence-corrected chi connectivity index (χ0v) is 58.4. The van der Waals surface area contributed by atoms with E-state index in [1.807, 2.05) is 65.8 Å². The summed E-state index contributed by atoms with van der Waals surface area (Å²) in [6.07, 6.45) is 6.32. The van der Waals surface area contributed by atoms with Gasteiger partial charge in [-0.2, -0.15) is 0 Å². The molecule has 0 radical (unpaired) electrons. The van der Waals surface area contributed by atoms with Gasteiger partial charge in [-0.25, -0.2) is 28.3 Å². The number of nitrogens with one attached hydrogen (secondary N) is 2. The fourth-order valence-electron chi connectivity index (χ4n) is 9.74. The Kier molecular flexibility index (Phi) is 36.5. The second-order valence-corrected chi connectivity index (χ2v) is 24.6. The number of halogens is 3. The van der Waals surface area contributed by atoms with Gasteiger partial charge in [0.15, 0.2) is 23.1 Å². The van der Waals surface area contributed by atoms with E-state index >= 15 is 4.39 Å². The SMILES string of the molecule is CCOC(=O)C[C@H](NC(=O)CCCCc1ccc2c(n1)N(C(=O)OC(C)(C)C)CCC2)c1ccc(O)c(F)c1.CCOC(=O)C[C@H](NC(=O)CCCCc1ccc2c(n1)N(C(=O)OC(C)(C)C)CCC2)c1ccc(OCCOCCOCCOCCN=[N+]=[N-])c(F)c1.[N-]=[N+]=NCBr. The maximum absolute atomic E-state index is 15.1. The minimum Gasteiger partial charge on any atom is -0.505 e. The number of phenolic OH excluding ortho intramolecular Hbond substituents is 1. The first-order valence-corrected chi connectivity index (χ1v) is 33.6. The number of unbranched alkanes of at least 4 members (excludes halogenated alkanes) is 2. The Labute approximate surface area is 573 Å². The summed E-state index contributed by atoms with van der Waals surface area (Å²) in [5.41, 5.74) is 19.3. The van der Waals surface area contributed by atoms with Crippen LogP contribution in [0, 0.1) is 11.6 Å². The molecule has 6 rings (SSSR count). The van der Waals surface area contributed by atoms with Crippen LogP contribution in [0.15, 0.2) is 70.9 Å². The Morgan fingerprint density at radius 3 is 1.47 bits per heavy atom. The highest BCUT2D eigenvalue weighted by Crippen LogP contribution is 2.31. The van der Waals surface area contributed by atoms with E-state index in [1.54, 1.807) is 29.7 Å². The number of fused-ring (bicyclic) bond motifs is 2. The standard InChI is InChI=1S/C37H53FN6O9.C29H38FN3O6.CH2BrN3/c1-5-51-34(46)26-31(28-13-15-32(30(38)25-28)52-24-23-50-22-21-49-20-19-48-18-16-40-43-39)42-33(45)11-7-6-10-29-14-12-27-9-8-17-44(35(27)41-29)36(47)53-37(2,3)4;1-5-38-26(36)18-23(20-13-15-24(34)22(30)17-20)32-25(35)11-7-6-10-21-14-12-19-9-8-16-33(27(19)31-21)28(37)39-29(2,3)4;2-1-4-5-3/h12-15,25,31H,5-11,16-24,26H2,1-4H3,(H,42,45);12-15,17,23,34H,5-11,16,18H2,1-4H3,(H,32,35);1H2/t31-;23-;/m00./s1. The average molecular weight is 1420 g/mol. The van der Waals surface area contributed by atoms with Crippen molar-refractivity contribution in [3.05, 3.63) is 127 Å². The van der Waals surface area contributed by atoms with Crippen molar-refractivity contribution in [2.24, 2.45) is 10.2 Å². The summed E-state index contributed by atoms with van der Waals surface area (Å²) in [4.78, 5) is 93.4. The number of anilines is 2. The molecule has 4 amide bonds. The zero-order chi connectivity index (χ0) is 71.2. The Balaban J connectivity index is 0.000000400. The summed E-state index contributed by atoms with van der Waals surface area (Å²) >= 11 is 2.89. The van der Waals surface area contributed by atoms with Crippen LogP contribution < -0.4 is 25.2 Å². The lowest BCUT2D eigenvalue weighted by molar-refractivity contribution is -0.145. The predicted molar refractivity (Wildman–Crippen MR) is 361 cm³/mol. The highest BCUT2D eigenvalue weighted by Gasteiger charge is 2.31. The molecule has 2 aromatic heterocycles. The number of esters is 2. The molecule has 4 heterocycles. The Hall–Kier alpha value is -8.40. The zero-order valence-electron chi connectivity index (χ0n) is 56.8. The number of aromatic nitrogens is 2. The van der Waals surface area contributed by atoms with Gasteiger partial charge >= 0.3 is 24.1 Å². The molecule has 2 aliphatic rings. The molecule has 0 fully saturated rings. The van der Waals surface area contributed by atoms with Gasteiger partial charge < -0.3 is 53.6 Å². The molecule has 532 valence electrons. The van der Waals surface area contributed by atoms with Gasteiger partial charge in [-0.15, -0.1) is 0 Å². The van der Waals surface area contributed by atoms with E-state index in [0.717, 1.165) is 54.3 Å². The van der Waals surface area contributed by atoms with Crippen molar-refractivity contribution in [3.63, 3.8) is 0 Å². The van der Waals surface area contributed by atoms with E-state index in [1.165, 1.54) is 24.3 Å². The minimum absolute atomic E-state index is 0.0118. The van der Waals surface area contributed by atoms with Crippen LogP contribution in [-0.2, 0) is 78.0 Å². The summed E-state index contributed by atoms with van der Waals surface area (Å²) in [6.45, 7) is 18.1. The number of carbonyl (C=O) groups is 6. The third-order valence-corrected chi connectivity index (χ3v) is 14.3. The summed E-state index contributed by atoms with van der Waals surface area (Å²) in [5, 5.41) is 21.6. The molecule has 0 spiro atoms. The van der Waals surface area contributed by atoms with Crippen LogP contribution in [0.2, 0.25) is 0 Å². The van der Waals surface area contributed by atoms with E-state index in [2.05, 4.69) is 46.6 Å². The number of hydrogen-bond acceptors (Lipinski definition) is 19. The molecule has 27 nitrogen and oxygen atoms in total. The highest BCUT2D eigenvalue weighted by atomic mass is 79.9. The predicted octanol–water partition coefficient (Wildman–Crippen LogP) is 13.0. The molecule has 0 saturated heterocycles. The number of nitrogens with zero attached hydrogens (tertiary/aromatic N) is 10. The van der Waals surface area contributed by atoms with Gasteiger partial charge in [0.05, 0.1) is 83.2 Å². The number of azide groups is 2. The number of alkyl halides is 1. The van der Waals surface area contributed by atoms with Gasteiger partial charge in [-0.1, -0.05) is 50.4 Å². The molecule has 0 aliphatic carbocycles. The lowest BCUT2D eigenvalue weighted by atomic mass is 10.0. The van der Waals surface area contributed by atoms with E-state index in [9.17, 15) is 38.3 Å². The Morgan fingerprint density at radius 1 is 0.619 bits per heavy atom. The number of carbonyl (C=O) groups excluding carboxylic acids is 6. The quantitative estimate of drug-likeness (QED) is 0.00571. The molecule has 3 N–H and O–H groups in total. The van der Waals surface area contributed by atoms with Crippen LogP contribution in [0.1, 0.15) is 165 Å². The summed E-state index contributed by atoms with van der Waals surface area (Å²) in [7, 11) is 0. The number of ether oxygens (including phenoxy) is 8. The molecule has 2 atom stereocenters. The number of aryl methyl sites for hydroxylation is 4. The van der Waals surface area contributed by atoms with Gasteiger partial charge in [-0.05, 0) is 189 Å². The van der Waals surface area contributed by atoms with Crippen molar-refractivity contribution in [2.75, 3.05) is 94.4 Å². The number of aromatic hydroxyl groups is 1. The minimum atomic E-state index is -0.835. The normalized spacial score (nSPS) is 13.0. The number of amides is 4. The van der Waals surface area contributed by atoms with E-state index < -0.39 is 64.8 Å². The third-order valence-electron chi connectivity index (χ3n) is 14.1. The largest absolute Gasteiger partial charge is 0.505 e. The number of benzene rings is 2. The maximum atomic E-state index is 15.1. The van der Waals surface area contributed by atoms with Crippen molar-refractivity contribution < 1.29 is 80.5 Å². The van der Waals surface area contributed by atoms with Crippen LogP contribution in [-0.4, -0.2) is 147 Å². The molecule has 4 aromatic rings. The molecule has 2 aliphatic heterocycles. The fourth-order valence-corrected chi connectivity index (χ4v) is 9.84. The monoisotopic (exact) mass is 1420 g/mol. The van der Waals surface area contributed by atoms with Crippen molar-refractivity contribution >= 4 is 63.5 Å². The molecule has 30 heteroatoms. The summed E-state index contributed by atoms with van der Waals surface area (Å²) in [5.74, 6) is -2.32. The first kappa shape index (κ1) is 81.0. The first-order chi connectivity index (χ1) is 46.4. The third kappa shape index (κ3) is 31.6. The summed E-state index contributed by atoms with van der Waals surface area (Å²) in [6, 6.07) is 14.4. The van der Waals surface area contributed by atoms with Crippen LogP contribution in [0.4, 0.5) is 30.0 Å². The van der Waals surface area contributed by atoms with Crippen molar-refractivity contribution in [2.45, 2.75) is 169 Å². The molecule has 97 heavy (non-hydrogen) atoms. The molecular weight excluding hydrogens is 1330 g/mol. The van der Waals surface area contributed by atoms with Gasteiger partial charge in [-0.3, -0.25) is 29.0 Å². The molecule has 2 aromatic carbocycles. The van der Waals surface area contributed by atoms with Gasteiger partial charge in [0, 0.05) is 53.7 Å². The molecular formula is C67H93BrF2N12O15.